The van der Waals surface area contributed by atoms with Crippen LogP contribution in [0, 0.1) is 5.82 Å². The zero-order valence-corrected chi connectivity index (χ0v) is 12.2. The van der Waals surface area contributed by atoms with E-state index in [4.69, 9.17) is 4.74 Å². The van der Waals surface area contributed by atoms with E-state index in [1.54, 1.807) is 12.1 Å². The van der Waals surface area contributed by atoms with Crippen molar-refractivity contribution in [1.82, 2.24) is 0 Å². The molecule has 1 fully saturated rings. The molecule has 0 radical (unpaired) electrons. The fraction of sp³-hybridized carbons (Fsp3) is 0.368. The minimum absolute atomic E-state index is 0.00398. The van der Waals surface area contributed by atoms with E-state index in [1.165, 1.54) is 16.7 Å². The third kappa shape index (κ3) is 2.09. The first-order valence-corrected chi connectivity index (χ1v) is 7.78. The quantitative estimate of drug-likeness (QED) is 0.733. The topological polar surface area (TPSA) is 9.23 Å². The van der Waals surface area contributed by atoms with Gasteiger partial charge in [-0.15, -0.1) is 0 Å². The monoisotopic (exact) mass is 282 g/mol. The molecule has 0 bridgehead atoms. The van der Waals surface area contributed by atoms with Crippen molar-refractivity contribution in [3.8, 4) is 0 Å². The lowest BCUT2D eigenvalue weighted by atomic mass is 9.87. The van der Waals surface area contributed by atoms with Gasteiger partial charge in [0.2, 0.25) is 0 Å². The molecule has 4 rings (SSSR count). The van der Waals surface area contributed by atoms with Gasteiger partial charge < -0.3 is 4.74 Å². The van der Waals surface area contributed by atoms with Gasteiger partial charge in [0.15, 0.2) is 0 Å². The zero-order chi connectivity index (χ0) is 14.4. The normalized spacial score (nSPS) is 26.7. The van der Waals surface area contributed by atoms with Crippen molar-refractivity contribution in [1.29, 1.82) is 0 Å². The van der Waals surface area contributed by atoms with E-state index in [2.05, 4.69) is 31.2 Å². The van der Waals surface area contributed by atoms with Crippen LogP contribution in [0.2, 0.25) is 0 Å². The Hall–Kier alpha value is -1.67. The molecule has 21 heavy (non-hydrogen) atoms. The highest BCUT2D eigenvalue weighted by molar-refractivity contribution is 5.45. The van der Waals surface area contributed by atoms with Gasteiger partial charge in [0, 0.05) is 5.92 Å². The Morgan fingerprint density at radius 2 is 1.90 bits per heavy atom. The molecule has 0 spiro atoms. The van der Waals surface area contributed by atoms with Crippen molar-refractivity contribution in [2.45, 2.75) is 44.3 Å². The third-order valence-electron chi connectivity index (χ3n) is 4.93. The molecular formula is C19H19FO. The molecule has 1 saturated heterocycles. The van der Waals surface area contributed by atoms with Crippen LogP contribution >= 0.6 is 0 Å². The summed E-state index contributed by atoms with van der Waals surface area (Å²) in [6.45, 7) is 2.16. The second-order valence-corrected chi connectivity index (χ2v) is 6.15. The predicted octanol–water partition coefficient (Wildman–Crippen LogP) is 4.75. The van der Waals surface area contributed by atoms with E-state index in [-0.39, 0.29) is 18.0 Å². The molecule has 2 aromatic carbocycles. The van der Waals surface area contributed by atoms with Crippen LogP contribution in [0.15, 0.2) is 42.5 Å². The molecule has 1 aliphatic heterocycles. The van der Waals surface area contributed by atoms with Crippen molar-refractivity contribution in [3.05, 3.63) is 70.5 Å². The largest absolute Gasteiger partial charge is 0.370 e. The number of benzene rings is 2. The maximum atomic E-state index is 13.7. The van der Waals surface area contributed by atoms with Crippen LogP contribution in [-0.4, -0.2) is 6.10 Å². The molecular weight excluding hydrogens is 263 g/mol. The highest BCUT2D eigenvalue weighted by Crippen LogP contribution is 2.49. The van der Waals surface area contributed by atoms with Crippen molar-refractivity contribution in [2.75, 3.05) is 0 Å². The second-order valence-electron chi connectivity index (χ2n) is 6.15. The Bertz CT molecular complexity index is 679. The molecule has 1 aliphatic carbocycles. The molecule has 0 aromatic heterocycles. The van der Waals surface area contributed by atoms with Gasteiger partial charge in [-0.1, -0.05) is 37.3 Å². The molecule has 1 nitrogen and oxygen atoms in total. The van der Waals surface area contributed by atoms with Crippen LogP contribution in [0.1, 0.15) is 54.0 Å². The van der Waals surface area contributed by atoms with Crippen molar-refractivity contribution in [2.24, 2.45) is 0 Å². The smallest absolute Gasteiger partial charge is 0.123 e. The first-order valence-electron chi connectivity index (χ1n) is 7.78. The van der Waals surface area contributed by atoms with E-state index >= 15 is 0 Å². The van der Waals surface area contributed by atoms with Gasteiger partial charge in [-0.2, -0.15) is 0 Å². The van der Waals surface area contributed by atoms with E-state index in [0.29, 0.717) is 5.92 Å². The van der Waals surface area contributed by atoms with Gasteiger partial charge in [-0.05, 0) is 53.6 Å². The van der Waals surface area contributed by atoms with Crippen LogP contribution in [0.25, 0.3) is 0 Å². The summed E-state index contributed by atoms with van der Waals surface area (Å²) in [4.78, 5) is 0. The highest BCUT2D eigenvalue weighted by atomic mass is 19.1. The lowest BCUT2D eigenvalue weighted by molar-refractivity contribution is 0.0386. The molecule has 0 amide bonds. The summed E-state index contributed by atoms with van der Waals surface area (Å²) >= 11 is 0. The molecule has 1 heterocycles. The Balaban J connectivity index is 1.90. The first kappa shape index (κ1) is 13.0. The molecule has 108 valence electrons. The van der Waals surface area contributed by atoms with Gasteiger partial charge in [0.05, 0.1) is 12.2 Å². The van der Waals surface area contributed by atoms with E-state index in [9.17, 15) is 4.39 Å². The number of fused-ring (bicyclic) bond motifs is 5. The first-order chi connectivity index (χ1) is 10.3. The van der Waals surface area contributed by atoms with Gasteiger partial charge >= 0.3 is 0 Å². The van der Waals surface area contributed by atoms with E-state index in [0.717, 1.165) is 24.8 Å². The number of halogens is 1. The lowest BCUT2D eigenvalue weighted by Crippen LogP contribution is -2.07. The van der Waals surface area contributed by atoms with Gasteiger partial charge in [-0.25, -0.2) is 4.39 Å². The Morgan fingerprint density at radius 3 is 2.76 bits per heavy atom. The molecule has 2 aliphatic rings. The standard InChI is InChI=1S/C19H19FO/c1-2-15-11-18-16-6-4-3-5-12(16)9-13-7-8-14(20)10-17(13)19(18)21-15/h3-8,10,15,18-19H,2,9,11H2,1H3/t15-,18-,19-/m1/s1. The maximum Gasteiger partial charge on any atom is 0.123 e. The Kier molecular flexibility index (Phi) is 3.07. The average molecular weight is 282 g/mol. The average Bonchev–Trinajstić information content (AvgIpc) is 2.89. The van der Waals surface area contributed by atoms with Gasteiger partial charge in [0.25, 0.3) is 0 Å². The van der Waals surface area contributed by atoms with Crippen molar-refractivity contribution < 1.29 is 9.13 Å². The number of hydrogen-bond donors (Lipinski definition) is 0. The molecule has 2 heteroatoms. The Morgan fingerprint density at radius 1 is 1.10 bits per heavy atom. The fourth-order valence-corrected chi connectivity index (χ4v) is 3.86. The third-order valence-corrected chi connectivity index (χ3v) is 4.93. The van der Waals surface area contributed by atoms with E-state index < -0.39 is 0 Å². The van der Waals surface area contributed by atoms with Crippen LogP contribution in [0.4, 0.5) is 4.39 Å². The SMILES string of the molecule is CC[C@@H]1C[C@@H]2c3ccccc3Cc3ccc(F)cc3[C@H]2O1. The summed E-state index contributed by atoms with van der Waals surface area (Å²) < 4.78 is 20.0. The van der Waals surface area contributed by atoms with Gasteiger partial charge in [0.1, 0.15) is 5.82 Å². The van der Waals surface area contributed by atoms with Crippen LogP contribution in [0.5, 0.6) is 0 Å². The minimum Gasteiger partial charge on any atom is -0.370 e. The predicted molar refractivity (Wildman–Crippen MR) is 80.9 cm³/mol. The summed E-state index contributed by atoms with van der Waals surface area (Å²) in [7, 11) is 0. The van der Waals surface area contributed by atoms with Gasteiger partial charge in [-0.3, -0.25) is 0 Å². The minimum atomic E-state index is -0.165. The lowest BCUT2D eigenvalue weighted by Gasteiger charge is -2.19. The summed E-state index contributed by atoms with van der Waals surface area (Å²) in [5.74, 6) is 0.191. The molecule has 0 N–H and O–H groups in total. The molecule has 0 saturated carbocycles. The second kappa shape index (κ2) is 4.96. The number of ether oxygens (including phenoxy) is 1. The summed E-state index contributed by atoms with van der Waals surface area (Å²) in [5, 5.41) is 0. The summed E-state index contributed by atoms with van der Waals surface area (Å²) in [6.07, 6.45) is 3.21. The maximum absolute atomic E-state index is 13.7. The molecule has 3 atom stereocenters. The molecule has 2 aromatic rings. The zero-order valence-electron chi connectivity index (χ0n) is 12.2. The highest BCUT2D eigenvalue weighted by Gasteiger charge is 2.40. The van der Waals surface area contributed by atoms with Crippen molar-refractivity contribution >= 4 is 0 Å². The summed E-state index contributed by atoms with van der Waals surface area (Å²) in [6, 6.07) is 13.8. The molecule has 0 unspecified atom stereocenters. The number of rotatable bonds is 1. The van der Waals surface area contributed by atoms with Crippen LogP contribution in [0.3, 0.4) is 0 Å². The fourth-order valence-electron chi connectivity index (χ4n) is 3.86. The van der Waals surface area contributed by atoms with E-state index in [1.807, 2.05) is 6.07 Å². The number of hydrogen-bond acceptors (Lipinski definition) is 1. The summed E-state index contributed by atoms with van der Waals surface area (Å²) in [5.41, 5.74) is 4.99. The van der Waals surface area contributed by atoms with Crippen molar-refractivity contribution in [3.63, 3.8) is 0 Å². The van der Waals surface area contributed by atoms with Crippen LogP contribution < -0.4 is 0 Å². The van der Waals surface area contributed by atoms with Crippen LogP contribution in [-0.2, 0) is 11.2 Å². The Labute approximate surface area is 124 Å².